The summed E-state index contributed by atoms with van der Waals surface area (Å²) in [6, 6.07) is 0.719. The third-order valence-electron chi connectivity index (χ3n) is 4.57. The van der Waals surface area contributed by atoms with Crippen molar-refractivity contribution in [3.8, 4) is 0 Å². The number of aliphatic imine (C=N–C) groups is 1. The molecule has 0 aromatic rings. The molecule has 2 atom stereocenters. The molecule has 3 rings (SSSR count). The van der Waals surface area contributed by atoms with Crippen LogP contribution in [0.5, 0.6) is 0 Å². The van der Waals surface area contributed by atoms with Crippen LogP contribution in [-0.2, 0) is 0 Å². The minimum Gasteiger partial charge on any atom is -0.370 e. The van der Waals surface area contributed by atoms with Crippen LogP contribution in [0.4, 0.5) is 0 Å². The summed E-state index contributed by atoms with van der Waals surface area (Å²) < 4.78 is 0. The van der Waals surface area contributed by atoms with Crippen LogP contribution in [0.2, 0.25) is 0 Å². The smallest absolute Gasteiger partial charge is 0.192 e. The molecule has 3 nitrogen and oxygen atoms in total. The fourth-order valence-corrected chi connectivity index (χ4v) is 3.47. The van der Waals surface area contributed by atoms with E-state index in [0.29, 0.717) is 5.54 Å². The maximum atomic E-state index is 6.06. The van der Waals surface area contributed by atoms with E-state index in [-0.39, 0.29) is 0 Å². The molecule has 2 N–H and O–H groups in total. The van der Waals surface area contributed by atoms with Crippen molar-refractivity contribution in [3.63, 3.8) is 0 Å². The van der Waals surface area contributed by atoms with Crippen LogP contribution >= 0.6 is 0 Å². The normalized spacial score (nSPS) is 41.0. The minimum atomic E-state index is 0.309. The largest absolute Gasteiger partial charge is 0.370 e. The van der Waals surface area contributed by atoms with E-state index in [1.165, 1.54) is 38.5 Å². The highest BCUT2D eigenvalue weighted by Crippen LogP contribution is 2.46. The maximum absolute atomic E-state index is 6.06. The zero-order valence-electron chi connectivity index (χ0n) is 9.58. The molecule has 3 aliphatic rings. The second-order valence-corrected chi connectivity index (χ2v) is 5.53. The third-order valence-corrected chi connectivity index (χ3v) is 4.57. The highest BCUT2D eigenvalue weighted by atomic mass is 15.4. The van der Waals surface area contributed by atoms with Crippen molar-refractivity contribution in [2.75, 3.05) is 6.54 Å². The Morgan fingerprint density at radius 3 is 2.80 bits per heavy atom. The molecule has 0 saturated heterocycles. The Morgan fingerprint density at radius 2 is 2.13 bits per heavy atom. The molecule has 2 saturated carbocycles. The molecule has 84 valence electrons. The standard InChI is InChI=1S/C12H21N3/c1-9-4-2-3-7-12(9)8-14-11(13)15(12)10-5-6-10/h9-10H,2-8H2,1H3,(H2,13,14). The van der Waals surface area contributed by atoms with Gasteiger partial charge in [0.15, 0.2) is 5.96 Å². The maximum Gasteiger partial charge on any atom is 0.192 e. The molecule has 1 heterocycles. The molecular weight excluding hydrogens is 186 g/mol. The summed E-state index contributed by atoms with van der Waals surface area (Å²) in [7, 11) is 0. The Balaban J connectivity index is 1.89. The van der Waals surface area contributed by atoms with Crippen LogP contribution in [0.1, 0.15) is 45.4 Å². The average Bonchev–Trinajstić information content (AvgIpc) is 2.99. The van der Waals surface area contributed by atoms with Crippen LogP contribution in [0.15, 0.2) is 4.99 Å². The van der Waals surface area contributed by atoms with E-state index in [9.17, 15) is 0 Å². The summed E-state index contributed by atoms with van der Waals surface area (Å²) >= 11 is 0. The van der Waals surface area contributed by atoms with Crippen LogP contribution in [0.3, 0.4) is 0 Å². The van der Waals surface area contributed by atoms with Crippen molar-refractivity contribution in [1.29, 1.82) is 0 Å². The summed E-state index contributed by atoms with van der Waals surface area (Å²) in [6.07, 6.45) is 8.05. The Hall–Kier alpha value is -0.730. The Morgan fingerprint density at radius 1 is 1.33 bits per heavy atom. The summed E-state index contributed by atoms with van der Waals surface area (Å²) in [4.78, 5) is 7.01. The van der Waals surface area contributed by atoms with Crippen molar-refractivity contribution in [2.45, 2.75) is 57.0 Å². The zero-order valence-corrected chi connectivity index (χ0v) is 9.58. The van der Waals surface area contributed by atoms with Gasteiger partial charge >= 0.3 is 0 Å². The first-order valence-corrected chi connectivity index (χ1v) is 6.33. The van der Waals surface area contributed by atoms with Gasteiger partial charge in [-0.3, -0.25) is 4.99 Å². The van der Waals surface area contributed by atoms with Crippen LogP contribution < -0.4 is 5.73 Å². The van der Waals surface area contributed by atoms with Crippen molar-refractivity contribution in [1.82, 2.24) is 4.90 Å². The lowest BCUT2D eigenvalue weighted by Gasteiger charge is -2.47. The van der Waals surface area contributed by atoms with Gasteiger partial charge in [0.25, 0.3) is 0 Å². The van der Waals surface area contributed by atoms with E-state index in [0.717, 1.165) is 24.5 Å². The van der Waals surface area contributed by atoms with Gasteiger partial charge in [0.1, 0.15) is 0 Å². The Kier molecular flexibility index (Phi) is 1.98. The van der Waals surface area contributed by atoms with Crippen LogP contribution in [0, 0.1) is 5.92 Å². The average molecular weight is 207 g/mol. The lowest BCUT2D eigenvalue weighted by molar-refractivity contribution is 0.0775. The van der Waals surface area contributed by atoms with E-state index in [1.807, 2.05) is 0 Å². The SMILES string of the molecule is CC1CCCCC12CN=C(N)N2C1CC1. The van der Waals surface area contributed by atoms with E-state index in [1.54, 1.807) is 0 Å². The number of nitrogens with zero attached hydrogens (tertiary/aromatic N) is 2. The number of rotatable bonds is 1. The first kappa shape index (κ1) is 9.49. The molecule has 2 aliphatic carbocycles. The molecule has 0 bridgehead atoms. The molecular formula is C12H21N3. The summed E-state index contributed by atoms with van der Waals surface area (Å²) in [5.41, 5.74) is 6.37. The fraction of sp³-hybridized carbons (Fsp3) is 0.917. The number of guanidine groups is 1. The van der Waals surface area contributed by atoms with Gasteiger partial charge in [0.2, 0.25) is 0 Å². The van der Waals surface area contributed by atoms with Gasteiger partial charge in [0, 0.05) is 6.04 Å². The topological polar surface area (TPSA) is 41.6 Å². The van der Waals surface area contributed by atoms with E-state index < -0.39 is 0 Å². The Labute approximate surface area is 91.7 Å². The van der Waals surface area contributed by atoms with Gasteiger partial charge in [-0.1, -0.05) is 19.8 Å². The van der Waals surface area contributed by atoms with Gasteiger partial charge in [-0.25, -0.2) is 0 Å². The molecule has 2 fully saturated rings. The minimum absolute atomic E-state index is 0.309. The van der Waals surface area contributed by atoms with E-state index >= 15 is 0 Å². The van der Waals surface area contributed by atoms with Crippen molar-refractivity contribution in [2.24, 2.45) is 16.6 Å². The van der Waals surface area contributed by atoms with E-state index in [2.05, 4.69) is 16.8 Å². The second-order valence-electron chi connectivity index (χ2n) is 5.53. The predicted molar refractivity (Wildman–Crippen MR) is 61.7 cm³/mol. The first-order valence-electron chi connectivity index (χ1n) is 6.33. The first-order chi connectivity index (χ1) is 7.24. The van der Waals surface area contributed by atoms with Crippen LogP contribution in [0.25, 0.3) is 0 Å². The van der Waals surface area contributed by atoms with Gasteiger partial charge in [0.05, 0.1) is 12.1 Å². The van der Waals surface area contributed by atoms with Gasteiger partial charge in [-0.15, -0.1) is 0 Å². The predicted octanol–water partition coefficient (Wildman–Crippen LogP) is 1.73. The van der Waals surface area contributed by atoms with E-state index in [4.69, 9.17) is 5.73 Å². The molecule has 0 radical (unpaired) electrons. The highest BCUT2D eigenvalue weighted by Gasteiger charge is 2.52. The molecule has 2 unspecified atom stereocenters. The molecule has 3 heteroatoms. The van der Waals surface area contributed by atoms with Crippen molar-refractivity contribution < 1.29 is 0 Å². The number of hydrogen-bond donors (Lipinski definition) is 1. The molecule has 0 aromatic heterocycles. The Bertz CT molecular complexity index is 295. The quantitative estimate of drug-likeness (QED) is 0.711. The molecule has 1 aliphatic heterocycles. The lowest BCUT2D eigenvalue weighted by atomic mass is 9.73. The number of nitrogens with two attached hydrogens (primary N) is 1. The van der Waals surface area contributed by atoms with Crippen LogP contribution in [-0.4, -0.2) is 29.0 Å². The molecule has 0 amide bonds. The summed E-state index contributed by atoms with van der Waals surface area (Å²) in [5, 5.41) is 0. The van der Waals surface area contributed by atoms with Crippen molar-refractivity contribution >= 4 is 5.96 Å². The van der Waals surface area contributed by atoms with Crippen molar-refractivity contribution in [3.05, 3.63) is 0 Å². The molecule has 1 spiro atoms. The zero-order chi connectivity index (χ0) is 10.5. The van der Waals surface area contributed by atoms with Gasteiger partial charge in [-0.2, -0.15) is 0 Å². The number of hydrogen-bond acceptors (Lipinski definition) is 3. The third kappa shape index (κ3) is 1.28. The summed E-state index contributed by atoms with van der Waals surface area (Å²) in [6.45, 7) is 3.35. The molecule has 0 aromatic carbocycles. The van der Waals surface area contributed by atoms with Gasteiger partial charge < -0.3 is 10.6 Å². The summed E-state index contributed by atoms with van der Waals surface area (Å²) in [5.74, 6) is 1.59. The fourth-order valence-electron chi connectivity index (χ4n) is 3.47. The highest BCUT2D eigenvalue weighted by molar-refractivity contribution is 5.81. The second kappa shape index (κ2) is 3.13. The lowest BCUT2D eigenvalue weighted by Crippen LogP contribution is -2.57. The van der Waals surface area contributed by atoms with Gasteiger partial charge in [-0.05, 0) is 31.6 Å². The molecule has 15 heavy (non-hydrogen) atoms. The monoisotopic (exact) mass is 207 g/mol.